The van der Waals surface area contributed by atoms with Gasteiger partial charge in [0.25, 0.3) is 0 Å². The van der Waals surface area contributed by atoms with Crippen molar-refractivity contribution < 1.29 is 9.59 Å². The van der Waals surface area contributed by atoms with Gasteiger partial charge in [0, 0.05) is 13.0 Å². The highest BCUT2D eigenvalue weighted by molar-refractivity contribution is 5.81. The third-order valence-corrected chi connectivity index (χ3v) is 2.53. The zero-order chi connectivity index (χ0) is 11.1. The van der Waals surface area contributed by atoms with Crippen molar-refractivity contribution in [3.8, 4) is 0 Å². The minimum atomic E-state index is -0.279. The Kier molecular flexibility index (Phi) is 5.10. The van der Waals surface area contributed by atoms with Crippen LogP contribution in [0.15, 0.2) is 0 Å². The predicted octanol–water partition coefficient (Wildman–Crippen LogP) is -0.490. The molecule has 2 amide bonds. The number of nitrogens with two attached hydrogens (primary N) is 1. The first kappa shape index (κ1) is 12.0. The van der Waals surface area contributed by atoms with Gasteiger partial charge >= 0.3 is 0 Å². The Labute approximate surface area is 89.8 Å². The van der Waals surface area contributed by atoms with Crippen LogP contribution in [-0.2, 0) is 9.59 Å². The summed E-state index contributed by atoms with van der Waals surface area (Å²) in [6.45, 7) is 1.56. The molecule has 0 aromatic carbocycles. The van der Waals surface area contributed by atoms with E-state index in [-0.39, 0.29) is 17.9 Å². The maximum absolute atomic E-state index is 11.5. The number of primary amides is 1. The molecule has 15 heavy (non-hydrogen) atoms. The van der Waals surface area contributed by atoms with Crippen LogP contribution >= 0.6 is 0 Å². The first-order valence-electron chi connectivity index (χ1n) is 5.49. The molecule has 5 nitrogen and oxygen atoms in total. The number of carbonyl (C=O) groups is 2. The van der Waals surface area contributed by atoms with Crippen molar-refractivity contribution in [2.45, 2.75) is 38.1 Å². The standard InChI is InChI=1S/C10H19N3O2/c11-9(14)5-1-2-6-13-10(15)8-4-3-7-12-8/h8,12H,1-7H2,(H2,11,14)(H,13,15)/t8-/m1/s1. The van der Waals surface area contributed by atoms with Gasteiger partial charge in [0.1, 0.15) is 0 Å². The van der Waals surface area contributed by atoms with Crippen molar-refractivity contribution in [1.82, 2.24) is 10.6 Å². The van der Waals surface area contributed by atoms with Crippen LogP contribution in [-0.4, -0.2) is 30.9 Å². The number of amides is 2. The Bertz CT molecular complexity index is 225. The van der Waals surface area contributed by atoms with Crippen LogP contribution in [0.5, 0.6) is 0 Å². The van der Waals surface area contributed by atoms with Crippen molar-refractivity contribution >= 4 is 11.8 Å². The second-order valence-electron chi connectivity index (χ2n) is 3.86. The summed E-state index contributed by atoms with van der Waals surface area (Å²) in [5.74, 6) is -0.203. The highest BCUT2D eigenvalue weighted by Gasteiger charge is 2.20. The molecule has 0 radical (unpaired) electrons. The summed E-state index contributed by atoms with van der Waals surface area (Å²) in [4.78, 5) is 21.9. The van der Waals surface area contributed by atoms with Crippen molar-refractivity contribution in [1.29, 1.82) is 0 Å². The fourth-order valence-electron chi connectivity index (χ4n) is 1.67. The summed E-state index contributed by atoms with van der Waals surface area (Å²) in [5, 5.41) is 5.97. The van der Waals surface area contributed by atoms with Crippen LogP contribution in [0.2, 0.25) is 0 Å². The number of unbranched alkanes of at least 4 members (excludes halogenated alkanes) is 1. The van der Waals surface area contributed by atoms with E-state index in [2.05, 4.69) is 10.6 Å². The zero-order valence-electron chi connectivity index (χ0n) is 8.92. The van der Waals surface area contributed by atoms with E-state index in [1.165, 1.54) is 0 Å². The summed E-state index contributed by atoms with van der Waals surface area (Å²) in [7, 11) is 0. The minimum absolute atomic E-state index is 0.0128. The van der Waals surface area contributed by atoms with Gasteiger partial charge in [-0.3, -0.25) is 9.59 Å². The van der Waals surface area contributed by atoms with Crippen LogP contribution in [0.1, 0.15) is 32.1 Å². The summed E-state index contributed by atoms with van der Waals surface area (Å²) < 4.78 is 0. The SMILES string of the molecule is NC(=O)CCCCNC(=O)[C@H]1CCCN1. The molecule has 0 bridgehead atoms. The van der Waals surface area contributed by atoms with Gasteiger partial charge in [-0.25, -0.2) is 0 Å². The van der Waals surface area contributed by atoms with E-state index >= 15 is 0 Å². The van der Waals surface area contributed by atoms with Gasteiger partial charge in [-0.1, -0.05) is 0 Å². The number of hydrogen-bond acceptors (Lipinski definition) is 3. The molecule has 1 saturated heterocycles. The summed E-state index contributed by atoms with van der Waals surface area (Å²) in [6, 6.07) is -0.0128. The molecule has 0 unspecified atom stereocenters. The van der Waals surface area contributed by atoms with Gasteiger partial charge in [0.05, 0.1) is 6.04 Å². The molecule has 0 aromatic heterocycles. The van der Waals surface area contributed by atoms with Crippen molar-refractivity contribution in [2.75, 3.05) is 13.1 Å². The molecule has 1 aliphatic rings. The fourth-order valence-corrected chi connectivity index (χ4v) is 1.67. The molecular weight excluding hydrogens is 194 g/mol. The minimum Gasteiger partial charge on any atom is -0.370 e. The summed E-state index contributed by atoms with van der Waals surface area (Å²) in [6.07, 6.45) is 3.94. The first-order chi connectivity index (χ1) is 7.20. The smallest absolute Gasteiger partial charge is 0.237 e. The highest BCUT2D eigenvalue weighted by atomic mass is 16.2. The Morgan fingerprint density at radius 1 is 1.40 bits per heavy atom. The Morgan fingerprint density at radius 3 is 2.80 bits per heavy atom. The Hall–Kier alpha value is -1.10. The molecule has 5 heteroatoms. The fraction of sp³-hybridized carbons (Fsp3) is 0.800. The van der Waals surface area contributed by atoms with Gasteiger partial charge in [0.15, 0.2) is 0 Å². The molecule has 0 aromatic rings. The molecule has 1 aliphatic heterocycles. The maximum Gasteiger partial charge on any atom is 0.237 e. The highest BCUT2D eigenvalue weighted by Crippen LogP contribution is 2.04. The van der Waals surface area contributed by atoms with E-state index in [1.807, 2.05) is 0 Å². The lowest BCUT2D eigenvalue weighted by molar-refractivity contribution is -0.122. The number of hydrogen-bond donors (Lipinski definition) is 3. The van der Waals surface area contributed by atoms with Gasteiger partial charge in [0.2, 0.25) is 11.8 Å². The third kappa shape index (κ3) is 4.78. The molecule has 1 atom stereocenters. The van der Waals surface area contributed by atoms with Gasteiger partial charge in [-0.05, 0) is 32.2 Å². The second-order valence-corrected chi connectivity index (χ2v) is 3.86. The average molecular weight is 213 g/mol. The lowest BCUT2D eigenvalue weighted by atomic mass is 10.2. The first-order valence-corrected chi connectivity index (χ1v) is 5.49. The number of carbonyl (C=O) groups excluding carboxylic acids is 2. The van der Waals surface area contributed by atoms with Crippen LogP contribution in [0.25, 0.3) is 0 Å². The second kappa shape index (κ2) is 6.40. The van der Waals surface area contributed by atoms with Crippen molar-refractivity contribution in [3.63, 3.8) is 0 Å². The average Bonchev–Trinajstić information content (AvgIpc) is 2.69. The Balaban J connectivity index is 1.99. The molecule has 0 saturated carbocycles. The molecule has 1 rings (SSSR count). The summed E-state index contributed by atoms with van der Waals surface area (Å²) >= 11 is 0. The lowest BCUT2D eigenvalue weighted by Gasteiger charge is -2.10. The molecule has 1 fully saturated rings. The maximum atomic E-state index is 11.5. The van der Waals surface area contributed by atoms with Crippen molar-refractivity contribution in [3.05, 3.63) is 0 Å². The van der Waals surface area contributed by atoms with E-state index in [1.54, 1.807) is 0 Å². The molecular formula is C10H19N3O2. The van der Waals surface area contributed by atoms with E-state index in [4.69, 9.17) is 5.73 Å². The lowest BCUT2D eigenvalue weighted by Crippen LogP contribution is -2.40. The monoisotopic (exact) mass is 213 g/mol. The topological polar surface area (TPSA) is 84.2 Å². The van der Waals surface area contributed by atoms with Crippen LogP contribution in [0.4, 0.5) is 0 Å². The molecule has 86 valence electrons. The number of nitrogens with one attached hydrogen (secondary N) is 2. The molecule has 0 spiro atoms. The van der Waals surface area contributed by atoms with E-state index < -0.39 is 0 Å². The Morgan fingerprint density at radius 2 is 2.20 bits per heavy atom. The van der Waals surface area contributed by atoms with Crippen LogP contribution < -0.4 is 16.4 Å². The van der Waals surface area contributed by atoms with E-state index in [0.29, 0.717) is 13.0 Å². The van der Waals surface area contributed by atoms with Crippen molar-refractivity contribution in [2.24, 2.45) is 5.73 Å². The third-order valence-electron chi connectivity index (χ3n) is 2.53. The van der Waals surface area contributed by atoms with Crippen LogP contribution in [0.3, 0.4) is 0 Å². The number of rotatable bonds is 6. The normalized spacial score (nSPS) is 20.1. The molecule has 0 aliphatic carbocycles. The van der Waals surface area contributed by atoms with Gasteiger partial charge < -0.3 is 16.4 Å². The predicted molar refractivity (Wildman–Crippen MR) is 57.1 cm³/mol. The van der Waals surface area contributed by atoms with E-state index in [9.17, 15) is 9.59 Å². The molecule has 4 N–H and O–H groups in total. The van der Waals surface area contributed by atoms with E-state index in [0.717, 1.165) is 32.2 Å². The molecule has 1 heterocycles. The van der Waals surface area contributed by atoms with Gasteiger partial charge in [-0.2, -0.15) is 0 Å². The quantitative estimate of drug-likeness (QED) is 0.520. The van der Waals surface area contributed by atoms with Crippen LogP contribution in [0, 0.1) is 0 Å². The summed E-state index contributed by atoms with van der Waals surface area (Å²) in [5.41, 5.74) is 5.00. The zero-order valence-corrected chi connectivity index (χ0v) is 8.92. The largest absolute Gasteiger partial charge is 0.370 e. The van der Waals surface area contributed by atoms with Gasteiger partial charge in [-0.15, -0.1) is 0 Å².